The molecule has 0 heterocycles. The smallest absolute Gasteiger partial charge is 0.377 e. The van der Waals surface area contributed by atoms with Crippen molar-refractivity contribution in [3.63, 3.8) is 0 Å². The van der Waals surface area contributed by atoms with Gasteiger partial charge in [0.05, 0.1) is 13.1 Å². The molecule has 6 nitrogen and oxygen atoms in total. The Morgan fingerprint density at radius 2 is 1.22 bits per heavy atom. The molecule has 23 heavy (non-hydrogen) atoms. The van der Waals surface area contributed by atoms with E-state index in [1.807, 2.05) is 27.7 Å². The third kappa shape index (κ3) is 10.7. The lowest BCUT2D eigenvalue weighted by Crippen LogP contribution is -2.43. The molecule has 0 saturated heterocycles. The van der Waals surface area contributed by atoms with E-state index in [0.29, 0.717) is 0 Å². The molecule has 0 aliphatic heterocycles. The van der Waals surface area contributed by atoms with Crippen LogP contribution in [0.4, 0.5) is 0 Å². The molecule has 0 saturated carbocycles. The number of rotatable bonds is 13. The third-order valence-electron chi connectivity index (χ3n) is 3.58. The molecule has 0 aromatic heterocycles. The van der Waals surface area contributed by atoms with E-state index in [1.165, 1.54) is 0 Å². The van der Waals surface area contributed by atoms with E-state index in [2.05, 4.69) is 14.9 Å². The molecule has 0 aromatic carbocycles. The van der Waals surface area contributed by atoms with Crippen molar-refractivity contribution in [1.82, 2.24) is 4.90 Å². The first kappa shape index (κ1) is 22.4. The lowest BCUT2D eigenvalue weighted by molar-refractivity contribution is 0.121. The Balaban J connectivity index is 4.43. The highest BCUT2D eigenvalue weighted by Gasteiger charge is 2.36. The predicted molar refractivity (Wildman–Crippen MR) is 99.9 cm³/mol. The minimum absolute atomic E-state index is 0.819. The average Bonchev–Trinajstić information content (AvgIpc) is 2.51. The van der Waals surface area contributed by atoms with Crippen molar-refractivity contribution in [3.8, 4) is 0 Å². The highest BCUT2D eigenvalue weighted by molar-refractivity contribution is 6.60. The SMILES string of the molecule is CO[Si](CCCN(CCN=C(C)C)CCN=C(C)C)(OC)OC. The number of hydrogen-bond donors (Lipinski definition) is 0. The second-order valence-corrected chi connectivity index (χ2v) is 8.99. The molecular weight excluding hydrogens is 310 g/mol. The zero-order chi connectivity index (χ0) is 17.7. The molecule has 136 valence electrons. The van der Waals surface area contributed by atoms with Gasteiger partial charge in [0.25, 0.3) is 0 Å². The molecule has 0 amide bonds. The van der Waals surface area contributed by atoms with E-state index < -0.39 is 8.80 Å². The van der Waals surface area contributed by atoms with Crippen LogP contribution in [0.3, 0.4) is 0 Å². The fraction of sp³-hybridized carbons (Fsp3) is 0.875. The standard InChI is InChI=1S/C16H35N3O3Si/c1-15(2)17-9-12-19(13-10-18-16(3)4)11-8-14-23(20-5,21-6)22-7/h8-14H2,1-7H3. The molecule has 0 spiro atoms. The maximum absolute atomic E-state index is 5.48. The minimum atomic E-state index is -2.46. The maximum Gasteiger partial charge on any atom is 0.500 e. The van der Waals surface area contributed by atoms with Crippen molar-refractivity contribution in [1.29, 1.82) is 0 Å². The predicted octanol–water partition coefficient (Wildman–Crippen LogP) is 2.52. The summed E-state index contributed by atoms with van der Waals surface area (Å²) in [4.78, 5) is 11.4. The van der Waals surface area contributed by atoms with Crippen LogP contribution in [0, 0.1) is 0 Å². The monoisotopic (exact) mass is 345 g/mol. The fourth-order valence-corrected chi connectivity index (χ4v) is 3.94. The van der Waals surface area contributed by atoms with E-state index in [1.54, 1.807) is 21.3 Å². The van der Waals surface area contributed by atoms with E-state index in [9.17, 15) is 0 Å². The van der Waals surface area contributed by atoms with Crippen LogP contribution in [-0.4, -0.2) is 79.2 Å². The average molecular weight is 346 g/mol. The van der Waals surface area contributed by atoms with Gasteiger partial charge in [0, 0.05) is 51.9 Å². The summed E-state index contributed by atoms with van der Waals surface area (Å²) < 4.78 is 16.4. The Morgan fingerprint density at radius 1 is 0.783 bits per heavy atom. The van der Waals surface area contributed by atoms with Crippen LogP contribution in [-0.2, 0) is 13.3 Å². The van der Waals surface area contributed by atoms with Gasteiger partial charge in [-0.05, 0) is 40.7 Å². The second-order valence-electron chi connectivity index (χ2n) is 5.90. The first-order valence-corrected chi connectivity index (χ1v) is 10.2. The van der Waals surface area contributed by atoms with Gasteiger partial charge in [-0.1, -0.05) is 0 Å². The third-order valence-corrected chi connectivity index (χ3v) is 6.41. The van der Waals surface area contributed by atoms with Crippen molar-refractivity contribution in [2.75, 3.05) is 54.1 Å². The molecule has 0 fully saturated rings. The summed E-state index contributed by atoms with van der Waals surface area (Å²) in [6.45, 7) is 12.7. The summed E-state index contributed by atoms with van der Waals surface area (Å²) in [5, 5.41) is 0. The van der Waals surface area contributed by atoms with Crippen LogP contribution in [0.1, 0.15) is 34.1 Å². The highest BCUT2D eigenvalue weighted by Crippen LogP contribution is 2.15. The quantitative estimate of drug-likeness (QED) is 0.380. The summed E-state index contributed by atoms with van der Waals surface area (Å²) in [6, 6.07) is 0.819. The van der Waals surface area contributed by atoms with Crippen molar-refractivity contribution < 1.29 is 13.3 Å². The molecule has 0 radical (unpaired) electrons. The van der Waals surface area contributed by atoms with Crippen LogP contribution in [0.15, 0.2) is 9.98 Å². The van der Waals surface area contributed by atoms with Gasteiger partial charge in [-0.3, -0.25) is 14.9 Å². The lowest BCUT2D eigenvalue weighted by Gasteiger charge is -2.26. The van der Waals surface area contributed by atoms with Crippen LogP contribution in [0.5, 0.6) is 0 Å². The summed E-state index contributed by atoms with van der Waals surface area (Å²) in [6.07, 6.45) is 0.978. The fourth-order valence-electron chi connectivity index (χ4n) is 2.24. The Kier molecular flexibility index (Phi) is 12.4. The topological polar surface area (TPSA) is 55.7 Å². The zero-order valence-electron chi connectivity index (χ0n) is 16.0. The van der Waals surface area contributed by atoms with E-state index in [0.717, 1.165) is 56.6 Å². The molecule has 7 heteroatoms. The summed E-state index contributed by atoms with van der Waals surface area (Å²) in [5.74, 6) is 0. The van der Waals surface area contributed by atoms with Gasteiger partial charge in [-0.2, -0.15) is 0 Å². The molecule has 0 unspecified atom stereocenters. The normalized spacial score (nSPS) is 11.7. The number of aliphatic imine (C=N–C) groups is 2. The van der Waals surface area contributed by atoms with Gasteiger partial charge in [0.2, 0.25) is 0 Å². The van der Waals surface area contributed by atoms with E-state index in [-0.39, 0.29) is 0 Å². The number of nitrogens with zero attached hydrogens (tertiary/aromatic N) is 3. The maximum atomic E-state index is 5.48. The van der Waals surface area contributed by atoms with Crippen molar-refractivity contribution >= 4 is 20.2 Å². The van der Waals surface area contributed by atoms with Crippen LogP contribution in [0.25, 0.3) is 0 Å². The van der Waals surface area contributed by atoms with E-state index in [4.69, 9.17) is 13.3 Å². The van der Waals surface area contributed by atoms with Gasteiger partial charge in [0.1, 0.15) is 0 Å². The van der Waals surface area contributed by atoms with Crippen molar-refractivity contribution in [3.05, 3.63) is 0 Å². The first-order chi connectivity index (χ1) is 10.9. The molecule has 0 aromatic rings. The first-order valence-electron chi connectivity index (χ1n) is 8.22. The minimum Gasteiger partial charge on any atom is -0.377 e. The molecule has 0 aliphatic rings. The highest BCUT2D eigenvalue weighted by atomic mass is 28.4. The molecule has 0 bridgehead atoms. The summed E-state index contributed by atoms with van der Waals surface area (Å²) in [7, 11) is 2.52. The van der Waals surface area contributed by atoms with Crippen molar-refractivity contribution in [2.24, 2.45) is 9.98 Å². The van der Waals surface area contributed by atoms with Crippen LogP contribution in [0.2, 0.25) is 6.04 Å². The lowest BCUT2D eigenvalue weighted by atomic mass is 10.3. The van der Waals surface area contributed by atoms with Gasteiger partial charge < -0.3 is 13.3 Å². The molecule has 0 N–H and O–H groups in total. The van der Waals surface area contributed by atoms with Gasteiger partial charge in [0.15, 0.2) is 0 Å². The molecule has 0 atom stereocenters. The molecule has 0 rings (SSSR count). The number of hydrogen-bond acceptors (Lipinski definition) is 6. The van der Waals surface area contributed by atoms with Gasteiger partial charge in [-0.25, -0.2) is 0 Å². The van der Waals surface area contributed by atoms with Gasteiger partial charge in [-0.15, -0.1) is 0 Å². The second kappa shape index (κ2) is 12.8. The van der Waals surface area contributed by atoms with Crippen LogP contribution < -0.4 is 0 Å². The summed E-state index contributed by atoms with van der Waals surface area (Å²) >= 11 is 0. The van der Waals surface area contributed by atoms with Crippen molar-refractivity contribution in [2.45, 2.75) is 40.2 Å². The zero-order valence-corrected chi connectivity index (χ0v) is 17.0. The Labute approximate surface area is 143 Å². The van der Waals surface area contributed by atoms with Crippen LogP contribution >= 0.6 is 0 Å². The van der Waals surface area contributed by atoms with Gasteiger partial charge >= 0.3 is 8.80 Å². The Bertz CT molecular complexity index is 333. The molecule has 0 aliphatic carbocycles. The Hall–Kier alpha value is -0.603. The largest absolute Gasteiger partial charge is 0.500 e. The molecular formula is C16H35N3O3Si. The Morgan fingerprint density at radius 3 is 1.57 bits per heavy atom. The van der Waals surface area contributed by atoms with E-state index >= 15 is 0 Å². The summed E-state index contributed by atoms with van der Waals surface area (Å²) in [5.41, 5.74) is 2.24.